The second-order valence-corrected chi connectivity index (χ2v) is 9.85. The van der Waals surface area contributed by atoms with Crippen LogP contribution in [0.4, 0.5) is 5.69 Å². The van der Waals surface area contributed by atoms with Crippen LogP contribution in [0, 0.1) is 5.92 Å². The third-order valence-electron chi connectivity index (χ3n) is 7.42. The van der Waals surface area contributed by atoms with Crippen molar-refractivity contribution in [3.8, 4) is 5.75 Å². The number of nitrogens with two attached hydrogens (primary N) is 1. The number of aldehydes is 1. The van der Waals surface area contributed by atoms with Gasteiger partial charge in [-0.15, -0.1) is 0 Å². The lowest BCUT2D eigenvalue weighted by molar-refractivity contribution is -0.202. The average Bonchev–Trinajstić information content (AvgIpc) is 2.76. The van der Waals surface area contributed by atoms with Gasteiger partial charge < -0.3 is 36.2 Å². The highest BCUT2D eigenvalue weighted by Crippen LogP contribution is 2.55. The number of hydrogen-bond donors (Lipinski definition) is 6. The predicted octanol–water partition coefficient (Wildman–Crippen LogP) is -1.04. The summed E-state index contributed by atoms with van der Waals surface area (Å²) in [5.74, 6) is -7.55. The quantitative estimate of drug-likeness (QED) is 0.217. The summed E-state index contributed by atoms with van der Waals surface area (Å²) in [4.78, 5) is 53.4. The molecule has 1 amide bonds. The van der Waals surface area contributed by atoms with Crippen molar-refractivity contribution in [1.29, 1.82) is 0 Å². The maximum absolute atomic E-state index is 13.8. The molecular formula is C24H27N3O9. The van der Waals surface area contributed by atoms with Gasteiger partial charge in [-0.1, -0.05) is 0 Å². The van der Waals surface area contributed by atoms with Crippen LogP contribution < -0.4 is 10.6 Å². The zero-order valence-corrected chi connectivity index (χ0v) is 20.1. The molecule has 12 nitrogen and oxygen atoms in total. The largest absolute Gasteiger partial charge is 0.508 e. The van der Waals surface area contributed by atoms with E-state index < -0.39 is 75.5 Å². The van der Waals surface area contributed by atoms with Crippen LogP contribution in [0.15, 0.2) is 23.0 Å². The van der Waals surface area contributed by atoms with Gasteiger partial charge in [0.1, 0.15) is 28.7 Å². The lowest BCUT2D eigenvalue weighted by Gasteiger charge is -2.55. The predicted molar refractivity (Wildman–Crippen MR) is 125 cm³/mol. The Morgan fingerprint density at radius 2 is 1.75 bits per heavy atom. The number of rotatable bonds is 4. The van der Waals surface area contributed by atoms with Crippen molar-refractivity contribution in [3.05, 3.63) is 39.7 Å². The Morgan fingerprint density at radius 3 is 2.25 bits per heavy atom. The Hall–Kier alpha value is -3.74. The fourth-order valence-electron chi connectivity index (χ4n) is 5.90. The van der Waals surface area contributed by atoms with Crippen LogP contribution in [-0.2, 0) is 20.8 Å². The van der Waals surface area contributed by atoms with Crippen LogP contribution in [0.3, 0.4) is 0 Å². The van der Waals surface area contributed by atoms with Crippen molar-refractivity contribution < 1.29 is 44.7 Å². The normalized spacial score (nSPS) is 29.6. The summed E-state index contributed by atoms with van der Waals surface area (Å²) in [6.45, 7) is 0. The van der Waals surface area contributed by atoms with Crippen LogP contribution in [0.2, 0.25) is 0 Å². The van der Waals surface area contributed by atoms with E-state index in [2.05, 4.69) is 0 Å². The maximum Gasteiger partial charge on any atom is 0.255 e. The molecule has 1 aromatic rings. The summed E-state index contributed by atoms with van der Waals surface area (Å²) < 4.78 is 0. The zero-order chi connectivity index (χ0) is 27.1. The van der Waals surface area contributed by atoms with E-state index in [1.807, 2.05) is 0 Å². The van der Waals surface area contributed by atoms with Crippen molar-refractivity contribution in [2.24, 2.45) is 11.7 Å². The number of aliphatic hydroxyl groups excluding tert-OH is 2. The molecule has 1 fully saturated rings. The van der Waals surface area contributed by atoms with Crippen molar-refractivity contribution >= 4 is 35.2 Å². The molecule has 0 aromatic heterocycles. The number of nitrogens with zero attached hydrogens (tertiary/aromatic N) is 2. The number of primary amides is 1. The van der Waals surface area contributed by atoms with E-state index in [0.717, 1.165) is 0 Å². The number of phenols is 1. The summed E-state index contributed by atoms with van der Waals surface area (Å²) in [7, 11) is 6.11. The minimum absolute atomic E-state index is 0.0272. The van der Waals surface area contributed by atoms with Gasteiger partial charge in [0.05, 0.1) is 11.1 Å². The van der Waals surface area contributed by atoms with Crippen molar-refractivity contribution in [2.75, 3.05) is 33.1 Å². The number of benzene rings is 1. The van der Waals surface area contributed by atoms with Crippen LogP contribution in [0.1, 0.15) is 27.9 Å². The number of likely N-dealkylation sites (N-methyl/N-ethyl adjacent to an activating group) is 1. The molecule has 0 unspecified atom stereocenters. The highest BCUT2D eigenvalue weighted by molar-refractivity contribution is 6.25. The van der Waals surface area contributed by atoms with Gasteiger partial charge in [0.2, 0.25) is 11.4 Å². The van der Waals surface area contributed by atoms with Crippen molar-refractivity contribution in [1.82, 2.24) is 4.90 Å². The minimum atomic E-state index is -3.21. The van der Waals surface area contributed by atoms with E-state index in [9.17, 15) is 44.7 Å². The second-order valence-electron chi connectivity index (χ2n) is 9.85. The standard InChI is InChI=1S/C24H27N3O9/c1-26(2)12-6-10(8-28)16(29)14-11(12)5-9-7-23(35)19(27(3)4)18(31)15(22(25)34)21(33)24(23,36)20(32)13(9)17(14)30/h6,8-9,19,29-30,33,35-36H,5,7H2,1-4H3,(H2,25,34)/t9-,19+,23+,24-/m0/s1. The zero-order valence-electron chi connectivity index (χ0n) is 20.1. The Balaban J connectivity index is 2.07. The number of amides is 1. The number of Topliss-reactive ketones (excluding diaryl/α,β-unsaturated/α-hetero) is 2. The van der Waals surface area contributed by atoms with E-state index in [1.54, 1.807) is 19.0 Å². The fourth-order valence-corrected chi connectivity index (χ4v) is 5.90. The molecular weight excluding hydrogens is 474 g/mol. The molecule has 0 radical (unpaired) electrons. The summed E-state index contributed by atoms with van der Waals surface area (Å²) in [5, 5.41) is 56.1. The molecule has 0 aliphatic heterocycles. The molecule has 3 aliphatic carbocycles. The smallest absolute Gasteiger partial charge is 0.255 e. The fraction of sp³-hybridized carbons (Fsp3) is 0.417. The summed E-state index contributed by atoms with van der Waals surface area (Å²) in [6, 6.07) is -0.232. The summed E-state index contributed by atoms with van der Waals surface area (Å²) in [5.41, 5.74) is -1.55. The molecule has 12 heteroatoms. The topological polar surface area (TPSA) is 202 Å². The van der Waals surface area contributed by atoms with Gasteiger partial charge in [0, 0.05) is 25.4 Å². The van der Waals surface area contributed by atoms with E-state index in [1.165, 1.54) is 25.1 Å². The van der Waals surface area contributed by atoms with E-state index >= 15 is 0 Å². The van der Waals surface area contributed by atoms with Gasteiger partial charge >= 0.3 is 0 Å². The Bertz CT molecular complexity index is 1310. The molecule has 192 valence electrons. The first-order chi connectivity index (χ1) is 16.6. The molecule has 0 heterocycles. The molecule has 1 saturated carbocycles. The Morgan fingerprint density at radius 1 is 1.14 bits per heavy atom. The summed E-state index contributed by atoms with van der Waals surface area (Å²) in [6.07, 6.45) is -0.133. The monoisotopic (exact) mass is 501 g/mol. The molecule has 7 N–H and O–H groups in total. The van der Waals surface area contributed by atoms with Crippen LogP contribution >= 0.6 is 0 Å². The highest BCUT2D eigenvalue weighted by atomic mass is 16.4. The van der Waals surface area contributed by atoms with E-state index in [0.29, 0.717) is 17.5 Å². The van der Waals surface area contributed by atoms with Crippen molar-refractivity contribution in [3.63, 3.8) is 0 Å². The lowest BCUT2D eigenvalue weighted by atomic mass is 9.55. The highest BCUT2D eigenvalue weighted by Gasteiger charge is 2.72. The number of carbonyl (C=O) groups is 4. The van der Waals surface area contributed by atoms with Gasteiger partial charge in [-0.25, -0.2) is 0 Å². The molecule has 0 bridgehead atoms. The second kappa shape index (κ2) is 7.88. The van der Waals surface area contributed by atoms with Gasteiger partial charge in [-0.05, 0) is 44.5 Å². The molecule has 0 spiro atoms. The molecule has 4 rings (SSSR count). The first kappa shape index (κ1) is 25.4. The van der Waals surface area contributed by atoms with Crippen LogP contribution in [-0.4, -0.2) is 99.6 Å². The molecule has 0 saturated heterocycles. The number of fused-ring (bicyclic) bond motifs is 3. The SMILES string of the molecule is CN(C)c1cc(C=O)c(O)c2c1C[C@H]1C[C@@]3(O)[C@H](N(C)C)C(=O)C(C(N)=O)=C(O)[C@@]3(O)C(=O)C1=C2O. The van der Waals surface area contributed by atoms with Gasteiger partial charge in [-0.3, -0.25) is 24.1 Å². The van der Waals surface area contributed by atoms with E-state index in [4.69, 9.17) is 5.73 Å². The van der Waals surface area contributed by atoms with Crippen LogP contribution in [0.25, 0.3) is 5.76 Å². The number of anilines is 1. The first-order valence-electron chi connectivity index (χ1n) is 11.0. The number of ketones is 2. The van der Waals surface area contributed by atoms with E-state index in [-0.39, 0.29) is 17.5 Å². The lowest BCUT2D eigenvalue weighted by Crippen LogP contribution is -2.76. The number of hydrogen-bond acceptors (Lipinski definition) is 11. The van der Waals surface area contributed by atoms with Gasteiger partial charge in [0.25, 0.3) is 5.91 Å². The van der Waals surface area contributed by atoms with Gasteiger partial charge in [-0.2, -0.15) is 0 Å². The third kappa shape index (κ3) is 2.92. The first-order valence-corrected chi connectivity index (χ1v) is 11.0. The minimum Gasteiger partial charge on any atom is -0.508 e. The number of phenolic OH excluding ortho intramolecular Hbond substituents is 1. The van der Waals surface area contributed by atoms with Gasteiger partial charge in [0.15, 0.2) is 17.8 Å². The van der Waals surface area contributed by atoms with Crippen LogP contribution in [0.5, 0.6) is 5.75 Å². The Kier molecular flexibility index (Phi) is 5.55. The number of aliphatic hydroxyl groups is 4. The average molecular weight is 501 g/mol. The molecule has 3 aliphatic rings. The number of aromatic hydroxyl groups is 1. The third-order valence-corrected chi connectivity index (χ3v) is 7.42. The molecule has 4 atom stereocenters. The summed E-state index contributed by atoms with van der Waals surface area (Å²) >= 11 is 0. The molecule has 36 heavy (non-hydrogen) atoms. The maximum atomic E-state index is 13.8. The Labute approximate surface area is 205 Å². The molecule has 1 aromatic carbocycles. The number of carbonyl (C=O) groups excluding carboxylic acids is 4. The van der Waals surface area contributed by atoms with Crippen molar-refractivity contribution in [2.45, 2.75) is 30.1 Å².